The van der Waals surface area contributed by atoms with Crippen LogP contribution in [0.15, 0.2) is 59.6 Å². The molecule has 1 heterocycles. The molecule has 0 unspecified atom stereocenters. The van der Waals surface area contributed by atoms with E-state index in [0.717, 1.165) is 16.2 Å². The topological polar surface area (TPSA) is 71.4 Å². The van der Waals surface area contributed by atoms with Crippen LogP contribution >= 0.6 is 0 Å². The molecule has 0 fully saturated rings. The first kappa shape index (κ1) is 19.1. The molecule has 1 N–H and O–H groups in total. The van der Waals surface area contributed by atoms with Gasteiger partial charge >= 0.3 is 0 Å². The quantitative estimate of drug-likeness (QED) is 0.708. The van der Waals surface area contributed by atoms with Crippen molar-refractivity contribution in [2.45, 2.75) is 11.3 Å². The minimum absolute atomic E-state index is 0.166. The molecule has 0 spiro atoms. The van der Waals surface area contributed by atoms with Crippen LogP contribution in [0, 0.1) is 0 Å². The van der Waals surface area contributed by atoms with Crippen molar-refractivity contribution in [3.8, 4) is 0 Å². The van der Waals surface area contributed by atoms with E-state index in [0.29, 0.717) is 12.1 Å². The summed E-state index contributed by atoms with van der Waals surface area (Å²) in [5.41, 5.74) is 2.78. The monoisotopic (exact) mass is 385 g/mol. The highest BCUT2D eigenvalue weighted by Crippen LogP contribution is 2.20. The zero-order valence-corrected chi connectivity index (χ0v) is 16.5. The van der Waals surface area contributed by atoms with Gasteiger partial charge in [-0.25, -0.2) is 12.7 Å². The van der Waals surface area contributed by atoms with Crippen LogP contribution in [-0.4, -0.2) is 43.8 Å². The summed E-state index contributed by atoms with van der Waals surface area (Å²) >= 11 is 0. The number of sulfonamides is 1. The van der Waals surface area contributed by atoms with Gasteiger partial charge in [0.25, 0.3) is 5.91 Å². The molecule has 7 heteroatoms. The second-order valence-corrected chi connectivity index (χ2v) is 8.75. The second-order valence-electron chi connectivity index (χ2n) is 6.60. The van der Waals surface area contributed by atoms with Crippen molar-refractivity contribution in [2.24, 2.45) is 7.05 Å². The molecule has 1 aromatic heterocycles. The number of amides is 1. The van der Waals surface area contributed by atoms with Crippen LogP contribution in [0.2, 0.25) is 0 Å². The van der Waals surface area contributed by atoms with Crippen molar-refractivity contribution in [1.82, 2.24) is 14.2 Å². The largest absolute Gasteiger partial charge is 0.352 e. The summed E-state index contributed by atoms with van der Waals surface area (Å²) in [6.07, 6.45) is 2.80. The molecule has 0 saturated carbocycles. The smallest absolute Gasteiger partial charge is 0.251 e. The molecule has 0 aliphatic heterocycles. The zero-order chi connectivity index (χ0) is 19.6. The first-order valence-corrected chi connectivity index (χ1v) is 10.1. The number of nitrogens with one attached hydrogen (secondary N) is 1. The Morgan fingerprint density at radius 3 is 2.41 bits per heavy atom. The number of aromatic nitrogens is 1. The van der Waals surface area contributed by atoms with E-state index in [1.807, 2.05) is 19.2 Å². The molecule has 1 amide bonds. The number of rotatable bonds is 6. The number of aryl methyl sites for hydroxylation is 1. The van der Waals surface area contributed by atoms with Crippen molar-refractivity contribution in [2.75, 3.05) is 20.6 Å². The Bertz CT molecular complexity index is 1070. The highest BCUT2D eigenvalue weighted by Gasteiger charge is 2.17. The molecule has 0 atom stereocenters. The van der Waals surface area contributed by atoms with Crippen molar-refractivity contribution in [1.29, 1.82) is 0 Å². The fourth-order valence-corrected chi connectivity index (χ4v) is 3.93. The van der Waals surface area contributed by atoms with Gasteiger partial charge in [-0.2, -0.15) is 0 Å². The molecule has 0 radical (unpaired) electrons. The van der Waals surface area contributed by atoms with E-state index in [1.54, 1.807) is 0 Å². The van der Waals surface area contributed by atoms with Gasteiger partial charge in [-0.15, -0.1) is 0 Å². The first-order valence-electron chi connectivity index (χ1n) is 8.64. The van der Waals surface area contributed by atoms with Crippen LogP contribution in [0.25, 0.3) is 10.9 Å². The average Bonchev–Trinajstić information content (AvgIpc) is 2.98. The maximum Gasteiger partial charge on any atom is 0.251 e. The molecule has 3 aromatic rings. The van der Waals surface area contributed by atoms with Gasteiger partial charge in [-0.05, 0) is 42.3 Å². The van der Waals surface area contributed by atoms with Crippen molar-refractivity contribution < 1.29 is 13.2 Å². The molecule has 0 bridgehead atoms. The number of hydrogen-bond acceptors (Lipinski definition) is 3. The van der Waals surface area contributed by atoms with E-state index in [-0.39, 0.29) is 10.8 Å². The fraction of sp³-hybridized carbons (Fsp3) is 0.250. The van der Waals surface area contributed by atoms with Gasteiger partial charge in [-0.1, -0.05) is 18.2 Å². The number of fused-ring (bicyclic) bond motifs is 1. The van der Waals surface area contributed by atoms with Crippen LogP contribution in [0.5, 0.6) is 0 Å². The summed E-state index contributed by atoms with van der Waals surface area (Å²) in [5.74, 6) is -0.218. The third-order valence-corrected chi connectivity index (χ3v) is 6.38. The van der Waals surface area contributed by atoms with E-state index in [1.165, 1.54) is 49.3 Å². The maximum absolute atomic E-state index is 12.3. The van der Waals surface area contributed by atoms with Gasteiger partial charge in [0.05, 0.1) is 4.90 Å². The molecular weight excluding hydrogens is 362 g/mol. The van der Waals surface area contributed by atoms with Gasteiger partial charge in [0.15, 0.2) is 0 Å². The minimum atomic E-state index is -3.49. The van der Waals surface area contributed by atoms with Crippen LogP contribution in [0.3, 0.4) is 0 Å². The van der Waals surface area contributed by atoms with Gasteiger partial charge in [0, 0.05) is 50.4 Å². The molecule has 0 saturated heterocycles. The number of carbonyl (C=O) groups is 1. The standard InChI is InChI=1S/C20H23N3O3S/c1-22(2)27(25,26)17-10-8-15(9-11-17)20(24)21-13-12-16-14-23(3)19-7-5-4-6-18(16)19/h4-11,14H,12-13H2,1-3H3,(H,21,24). The Labute approximate surface area is 159 Å². The minimum Gasteiger partial charge on any atom is -0.352 e. The summed E-state index contributed by atoms with van der Waals surface area (Å²) in [4.78, 5) is 12.5. The van der Waals surface area contributed by atoms with E-state index < -0.39 is 10.0 Å². The van der Waals surface area contributed by atoms with Crippen LogP contribution < -0.4 is 5.32 Å². The Balaban J connectivity index is 1.64. The highest BCUT2D eigenvalue weighted by molar-refractivity contribution is 7.89. The number of carbonyl (C=O) groups excluding carboxylic acids is 1. The maximum atomic E-state index is 12.3. The summed E-state index contributed by atoms with van der Waals surface area (Å²) in [6, 6.07) is 14.1. The SMILES string of the molecule is CN(C)S(=O)(=O)c1ccc(C(=O)NCCc2cn(C)c3ccccc23)cc1. The van der Waals surface area contributed by atoms with Crippen LogP contribution in [0.1, 0.15) is 15.9 Å². The molecule has 0 aliphatic carbocycles. The summed E-state index contributed by atoms with van der Waals surface area (Å²) in [6.45, 7) is 0.505. The van der Waals surface area contributed by atoms with Gasteiger partial charge in [0.2, 0.25) is 10.0 Å². The van der Waals surface area contributed by atoms with Crippen LogP contribution in [-0.2, 0) is 23.5 Å². The fourth-order valence-electron chi connectivity index (χ4n) is 3.03. The van der Waals surface area contributed by atoms with Gasteiger partial charge < -0.3 is 9.88 Å². The number of benzene rings is 2. The van der Waals surface area contributed by atoms with E-state index >= 15 is 0 Å². The Morgan fingerprint density at radius 2 is 1.74 bits per heavy atom. The average molecular weight is 385 g/mol. The van der Waals surface area contributed by atoms with E-state index in [9.17, 15) is 13.2 Å². The zero-order valence-electron chi connectivity index (χ0n) is 15.6. The molecule has 142 valence electrons. The summed E-state index contributed by atoms with van der Waals surface area (Å²) < 4.78 is 27.4. The molecule has 27 heavy (non-hydrogen) atoms. The molecule has 3 rings (SSSR count). The van der Waals surface area contributed by atoms with E-state index in [4.69, 9.17) is 0 Å². The molecule has 6 nitrogen and oxygen atoms in total. The lowest BCUT2D eigenvalue weighted by Gasteiger charge is -2.11. The predicted octanol–water partition coefficient (Wildman–Crippen LogP) is 2.40. The van der Waals surface area contributed by atoms with Crippen LogP contribution in [0.4, 0.5) is 0 Å². The third-order valence-electron chi connectivity index (χ3n) is 4.55. The van der Waals surface area contributed by atoms with E-state index in [2.05, 4.69) is 28.2 Å². The Kier molecular flexibility index (Phi) is 5.34. The predicted molar refractivity (Wildman–Crippen MR) is 106 cm³/mol. The lowest BCUT2D eigenvalue weighted by Crippen LogP contribution is -2.26. The molecule has 2 aromatic carbocycles. The Morgan fingerprint density at radius 1 is 1.07 bits per heavy atom. The lowest BCUT2D eigenvalue weighted by atomic mass is 10.1. The lowest BCUT2D eigenvalue weighted by molar-refractivity contribution is 0.0954. The second kappa shape index (κ2) is 7.54. The number of nitrogens with zero attached hydrogens (tertiary/aromatic N) is 2. The number of para-hydroxylation sites is 1. The van der Waals surface area contributed by atoms with Gasteiger partial charge in [-0.3, -0.25) is 4.79 Å². The van der Waals surface area contributed by atoms with Gasteiger partial charge in [0.1, 0.15) is 0 Å². The molecular formula is C20H23N3O3S. The molecule has 0 aliphatic rings. The highest BCUT2D eigenvalue weighted by atomic mass is 32.2. The van der Waals surface area contributed by atoms with Crippen molar-refractivity contribution in [3.05, 3.63) is 65.9 Å². The van der Waals surface area contributed by atoms with Crippen molar-refractivity contribution >= 4 is 26.8 Å². The number of hydrogen-bond donors (Lipinski definition) is 1. The normalized spacial score (nSPS) is 11.9. The third kappa shape index (κ3) is 3.89. The van der Waals surface area contributed by atoms with Crippen molar-refractivity contribution in [3.63, 3.8) is 0 Å². The summed E-state index contributed by atoms with van der Waals surface area (Å²) in [5, 5.41) is 4.08. The Hall–Kier alpha value is -2.64. The first-order chi connectivity index (χ1) is 12.8. The summed E-state index contributed by atoms with van der Waals surface area (Å²) in [7, 11) is 1.47.